The quantitative estimate of drug-likeness (QED) is 0.754. The predicted octanol–water partition coefficient (Wildman–Crippen LogP) is 2.51. The van der Waals surface area contributed by atoms with Gasteiger partial charge in [-0.1, -0.05) is 24.3 Å². The van der Waals surface area contributed by atoms with Gasteiger partial charge in [-0.15, -0.1) is 0 Å². The predicted molar refractivity (Wildman–Crippen MR) is 95.7 cm³/mol. The summed E-state index contributed by atoms with van der Waals surface area (Å²) in [5.41, 5.74) is 2.80. The van der Waals surface area contributed by atoms with E-state index in [1.54, 1.807) is 7.11 Å². The van der Waals surface area contributed by atoms with Crippen molar-refractivity contribution in [3.63, 3.8) is 0 Å². The van der Waals surface area contributed by atoms with Gasteiger partial charge in [-0.05, 0) is 29.8 Å². The summed E-state index contributed by atoms with van der Waals surface area (Å²) < 4.78 is 7.25. The first kappa shape index (κ1) is 15.2. The fourth-order valence-electron chi connectivity index (χ4n) is 2.93. The minimum absolute atomic E-state index is 0.190. The van der Waals surface area contributed by atoms with Crippen LogP contribution in [0.3, 0.4) is 0 Å². The van der Waals surface area contributed by atoms with E-state index >= 15 is 0 Å². The number of imidazole rings is 1. The first-order valence-electron chi connectivity index (χ1n) is 7.89. The third-order valence-electron chi connectivity index (χ3n) is 4.03. The van der Waals surface area contributed by atoms with E-state index in [9.17, 15) is 4.79 Å². The Labute approximate surface area is 144 Å². The van der Waals surface area contributed by atoms with Gasteiger partial charge in [0.05, 0.1) is 18.1 Å². The first-order valence-corrected chi connectivity index (χ1v) is 7.89. The van der Waals surface area contributed by atoms with Crippen LogP contribution in [0.4, 0.5) is 5.95 Å². The summed E-state index contributed by atoms with van der Waals surface area (Å²) in [6.07, 6.45) is -0.337. The largest absolute Gasteiger partial charge is 0.497 e. The normalized spacial score (nSPS) is 15.9. The number of nitrogens with one attached hydrogen (secondary N) is 2. The van der Waals surface area contributed by atoms with E-state index in [1.165, 1.54) is 6.92 Å². The molecule has 2 N–H and O–H groups in total. The van der Waals surface area contributed by atoms with Crippen LogP contribution in [-0.2, 0) is 4.79 Å². The second-order valence-electron chi connectivity index (χ2n) is 5.72. The van der Waals surface area contributed by atoms with E-state index in [0.717, 1.165) is 22.3 Å². The molecule has 0 spiro atoms. The van der Waals surface area contributed by atoms with E-state index in [1.807, 2.05) is 53.1 Å². The number of fused-ring (bicyclic) bond motifs is 3. The third kappa shape index (κ3) is 2.69. The molecule has 0 radical (unpaired) electrons. The number of guanidine groups is 1. The van der Waals surface area contributed by atoms with Crippen LogP contribution in [0.2, 0.25) is 0 Å². The van der Waals surface area contributed by atoms with Crippen molar-refractivity contribution >= 4 is 28.8 Å². The lowest BCUT2D eigenvalue weighted by Gasteiger charge is -2.25. The molecule has 1 unspecified atom stereocenters. The number of nitrogens with zero attached hydrogens (tertiary/aromatic N) is 3. The number of benzene rings is 2. The van der Waals surface area contributed by atoms with Gasteiger partial charge in [-0.3, -0.25) is 20.0 Å². The number of methoxy groups -OCH3 is 1. The lowest BCUT2D eigenvalue weighted by atomic mass is 10.1. The zero-order valence-electron chi connectivity index (χ0n) is 13.9. The zero-order valence-corrected chi connectivity index (χ0v) is 13.9. The summed E-state index contributed by atoms with van der Waals surface area (Å²) >= 11 is 0. The molecule has 1 aliphatic heterocycles. The Kier molecular flexibility index (Phi) is 3.61. The average molecular weight is 335 g/mol. The second kappa shape index (κ2) is 5.94. The van der Waals surface area contributed by atoms with Gasteiger partial charge in [0.1, 0.15) is 5.75 Å². The molecule has 25 heavy (non-hydrogen) atoms. The Morgan fingerprint density at radius 3 is 2.68 bits per heavy atom. The lowest BCUT2D eigenvalue weighted by molar-refractivity contribution is -0.117. The molecule has 0 aliphatic carbocycles. The smallest absolute Gasteiger partial charge is 0.223 e. The summed E-state index contributed by atoms with van der Waals surface area (Å²) in [6.45, 7) is 1.45. The fraction of sp³-hybridized carbons (Fsp3) is 0.167. The highest BCUT2D eigenvalue weighted by Crippen LogP contribution is 2.32. The number of amides is 1. The van der Waals surface area contributed by atoms with Crippen LogP contribution in [0.1, 0.15) is 18.7 Å². The number of para-hydroxylation sites is 2. The number of aromatic nitrogens is 2. The van der Waals surface area contributed by atoms with Crippen LogP contribution < -0.4 is 15.4 Å². The Bertz CT molecular complexity index is 975. The van der Waals surface area contributed by atoms with Gasteiger partial charge in [0.2, 0.25) is 17.8 Å². The van der Waals surface area contributed by atoms with Crippen molar-refractivity contribution in [1.29, 1.82) is 0 Å². The van der Waals surface area contributed by atoms with Crippen LogP contribution in [0.25, 0.3) is 11.0 Å². The molecule has 7 nitrogen and oxygen atoms in total. The molecule has 0 saturated heterocycles. The summed E-state index contributed by atoms with van der Waals surface area (Å²) in [5, 5.41) is 5.80. The standard InChI is InChI=1S/C18H17N5O2/c1-11(24)19-17-21-16(12-7-9-13(25-2)10-8-12)23-15-6-4-3-5-14(15)20-18(23)22-17/h3-10,16H,1-2H3,(H2,19,20,21,22,24). The van der Waals surface area contributed by atoms with E-state index < -0.39 is 0 Å². The molecule has 7 heteroatoms. The first-order chi connectivity index (χ1) is 12.2. The molecular formula is C18H17N5O2. The number of rotatable bonds is 2. The van der Waals surface area contributed by atoms with Crippen LogP contribution in [0.5, 0.6) is 5.75 Å². The Balaban J connectivity index is 1.86. The van der Waals surface area contributed by atoms with Crippen LogP contribution in [-0.4, -0.2) is 28.5 Å². The molecule has 2 heterocycles. The van der Waals surface area contributed by atoms with E-state index in [-0.39, 0.29) is 12.1 Å². The summed E-state index contributed by atoms with van der Waals surface area (Å²) in [5.74, 6) is 1.61. The molecule has 4 rings (SSSR count). The van der Waals surface area contributed by atoms with E-state index in [0.29, 0.717) is 11.9 Å². The van der Waals surface area contributed by atoms with Gasteiger partial charge in [0.15, 0.2) is 6.17 Å². The van der Waals surface area contributed by atoms with Gasteiger partial charge in [0.25, 0.3) is 0 Å². The van der Waals surface area contributed by atoms with Crippen molar-refractivity contribution in [2.24, 2.45) is 4.99 Å². The highest BCUT2D eigenvalue weighted by molar-refractivity contribution is 6.04. The molecule has 0 fully saturated rings. The molecule has 1 aliphatic rings. The molecule has 1 aromatic heterocycles. The molecule has 126 valence electrons. The summed E-state index contributed by atoms with van der Waals surface area (Å²) in [7, 11) is 1.63. The van der Waals surface area contributed by atoms with Crippen molar-refractivity contribution in [2.75, 3.05) is 12.4 Å². The van der Waals surface area contributed by atoms with E-state index in [2.05, 4.69) is 20.6 Å². The molecule has 3 aromatic rings. The minimum Gasteiger partial charge on any atom is -0.497 e. The van der Waals surface area contributed by atoms with Crippen molar-refractivity contribution in [1.82, 2.24) is 14.9 Å². The van der Waals surface area contributed by atoms with Crippen molar-refractivity contribution in [3.8, 4) is 5.75 Å². The van der Waals surface area contributed by atoms with E-state index in [4.69, 9.17) is 4.74 Å². The fourth-order valence-corrected chi connectivity index (χ4v) is 2.93. The summed E-state index contributed by atoms with van der Waals surface area (Å²) in [6, 6.07) is 15.6. The number of aliphatic imine (C=N–C) groups is 1. The Morgan fingerprint density at radius 2 is 1.96 bits per heavy atom. The SMILES string of the molecule is COc1ccc(C2N=C(NC(C)=O)Nc3nc4ccccc4n32)cc1. The number of anilines is 1. The monoisotopic (exact) mass is 335 g/mol. The highest BCUT2D eigenvalue weighted by Gasteiger charge is 2.26. The van der Waals surface area contributed by atoms with Gasteiger partial charge >= 0.3 is 0 Å². The lowest BCUT2D eigenvalue weighted by Crippen LogP contribution is -2.38. The van der Waals surface area contributed by atoms with Gasteiger partial charge < -0.3 is 4.74 Å². The maximum absolute atomic E-state index is 11.4. The number of carbonyl (C=O) groups excluding carboxylic acids is 1. The average Bonchev–Trinajstić information content (AvgIpc) is 2.99. The topological polar surface area (TPSA) is 80.5 Å². The molecule has 2 aromatic carbocycles. The van der Waals surface area contributed by atoms with Crippen LogP contribution in [0.15, 0.2) is 53.5 Å². The van der Waals surface area contributed by atoms with Crippen molar-refractivity contribution in [3.05, 3.63) is 54.1 Å². The second-order valence-corrected chi connectivity index (χ2v) is 5.72. The molecule has 0 saturated carbocycles. The maximum atomic E-state index is 11.4. The van der Waals surface area contributed by atoms with Crippen molar-refractivity contribution in [2.45, 2.75) is 13.1 Å². The number of hydrogen-bond acceptors (Lipinski definition) is 5. The number of carbonyl (C=O) groups is 1. The zero-order chi connectivity index (χ0) is 17.4. The molecule has 1 amide bonds. The maximum Gasteiger partial charge on any atom is 0.223 e. The molecule has 0 bridgehead atoms. The highest BCUT2D eigenvalue weighted by atomic mass is 16.5. The number of ether oxygens (including phenoxy) is 1. The van der Waals surface area contributed by atoms with Gasteiger partial charge in [-0.2, -0.15) is 0 Å². The molecule has 1 atom stereocenters. The Morgan fingerprint density at radius 1 is 1.20 bits per heavy atom. The Hall–Kier alpha value is -3.35. The minimum atomic E-state index is -0.337. The van der Waals surface area contributed by atoms with Gasteiger partial charge in [0, 0.05) is 6.92 Å². The van der Waals surface area contributed by atoms with Crippen LogP contribution in [0, 0.1) is 0 Å². The third-order valence-corrected chi connectivity index (χ3v) is 4.03. The molecular weight excluding hydrogens is 318 g/mol. The van der Waals surface area contributed by atoms with Crippen LogP contribution >= 0.6 is 0 Å². The van der Waals surface area contributed by atoms with Gasteiger partial charge in [-0.25, -0.2) is 9.98 Å². The summed E-state index contributed by atoms with van der Waals surface area (Å²) in [4.78, 5) is 20.7. The number of hydrogen-bond donors (Lipinski definition) is 2. The van der Waals surface area contributed by atoms with Crippen molar-refractivity contribution < 1.29 is 9.53 Å².